The maximum absolute atomic E-state index is 14.0. The summed E-state index contributed by atoms with van der Waals surface area (Å²) in [5.74, 6) is -0.470. The van der Waals surface area contributed by atoms with Crippen LogP contribution in [0.2, 0.25) is 0 Å². The third-order valence-electron chi connectivity index (χ3n) is 3.96. The molecule has 0 bridgehead atoms. The fraction of sp³-hybridized carbons (Fsp3) is 0.333. The first kappa shape index (κ1) is 17.3. The maximum Gasteiger partial charge on any atom is 0.323 e. The second-order valence-corrected chi connectivity index (χ2v) is 5.97. The van der Waals surface area contributed by atoms with E-state index in [1.54, 1.807) is 30.5 Å². The van der Waals surface area contributed by atoms with Crippen molar-refractivity contribution in [3.63, 3.8) is 0 Å². The van der Waals surface area contributed by atoms with E-state index in [1.807, 2.05) is 6.92 Å². The van der Waals surface area contributed by atoms with E-state index in [9.17, 15) is 9.18 Å². The van der Waals surface area contributed by atoms with Gasteiger partial charge in [0, 0.05) is 25.3 Å². The van der Waals surface area contributed by atoms with Crippen molar-refractivity contribution in [3.8, 4) is 0 Å². The SMILES string of the molecule is Cc1ccc(NC(=O)Nc2cc(CN3CCOCC3)ccc2F)cn1. The number of urea groups is 1. The van der Waals surface area contributed by atoms with E-state index in [4.69, 9.17) is 4.74 Å². The number of carbonyl (C=O) groups is 1. The Balaban J connectivity index is 1.63. The van der Waals surface area contributed by atoms with Crippen molar-refractivity contribution >= 4 is 17.4 Å². The lowest BCUT2D eigenvalue weighted by Crippen LogP contribution is -2.35. The van der Waals surface area contributed by atoms with Crippen molar-refractivity contribution in [2.45, 2.75) is 13.5 Å². The number of anilines is 2. The number of hydrogen-bond acceptors (Lipinski definition) is 4. The van der Waals surface area contributed by atoms with Crippen molar-refractivity contribution < 1.29 is 13.9 Å². The molecule has 7 heteroatoms. The zero-order valence-electron chi connectivity index (χ0n) is 14.1. The number of ether oxygens (including phenoxy) is 1. The summed E-state index contributed by atoms with van der Waals surface area (Å²) < 4.78 is 19.3. The Morgan fingerprint density at radius 1 is 1.24 bits per heavy atom. The normalized spacial score (nSPS) is 15.0. The molecule has 0 saturated carbocycles. The number of halogens is 1. The van der Waals surface area contributed by atoms with E-state index in [2.05, 4.69) is 20.5 Å². The van der Waals surface area contributed by atoms with Gasteiger partial charge in [0.2, 0.25) is 0 Å². The summed E-state index contributed by atoms with van der Waals surface area (Å²) in [6.45, 7) is 5.67. The Labute approximate surface area is 146 Å². The third-order valence-corrected chi connectivity index (χ3v) is 3.96. The molecule has 2 amide bonds. The summed E-state index contributed by atoms with van der Waals surface area (Å²) in [5.41, 5.74) is 2.50. The van der Waals surface area contributed by atoms with Gasteiger partial charge in [-0.2, -0.15) is 0 Å². The van der Waals surface area contributed by atoms with Gasteiger partial charge in [0.05, 0.1) is 30.8 Å². The van der Waals surface area contributed by atoms with Gasteiger partial charge < -0.3 is 15.4 Å². The molecule has 1 saturated heterocycles. The predicted octanol–water partition coefficient (Wildman–Crippen LogP) is 3.01. The molecule has 2 aromatic rings. The molecule has 2 N–H and O–H groups in total. The molecule has 0 atom stereocenters. The number of hydrogen-bond donors (Lipinski definition) is 2. The molecule has 6 nitrogen and oxygen atoms in total. The lowest BCUT2D eigenvalue weighted by molar-refractivity contribution is 0.0342. The van der Waals surface area contributed by atoms with Gasteiger partial charge in [0.25, 0.3) is 0 Å². The number of nitrogens with one attached hydrogen (secondary N) is 2. The molecule has 25 heavy (non-hydrogen) atoms. The number of nitrogens with zero attached hydrogens (tertiary/aromatic N) is 2. The molecule has 0 unspecified atom stereocenters. The van der Waals surface area contributed by atoms with Gasteiger partial charge in [-0.15, -0.1) is 0 Å². The quantitative estimate of drug-likeness (QED) is 0.895. The minimum Gasteiger partial charge on any atom is -0.379 e. The summed E-state index contributed by atoms with van der Waals surface area (Å²) in [7, 11) is 0. The molecule has 1 aromatic carbocycles. The van der Waals surface area contributed by atoms with Crippen molar-refractivity contribution in [2.24, 2.45) is 0 Å². The second kappa shape index (κ2) is 8.04. The summed E-state index contributed by atoms with van der Waals surface area (Å²) >= 11 is 0. The predicted molar refractivity (Wildman–Crippen MR) is 94.1 cm³/mol. The summed E-state index contributed by atoms with van der Waals surface area (Å²) in [5, 5.41) is 5.19. The van der Waals surface area contributed by atoms with Crippen molar-refractivity contribution in [1.82, 2.24) is 9.88 Å². The minimum atomic E-state index is -0.506. The van der Waals surface area contributed by atoms with Crippen LogP contribution < -0.4 is 10.6 Å². The van der Waals surface area contributed by atoms with Gasteiger partial charge in [0.15, 0.2) is 0 Å². The fourth-order valence-electron chi connectivity index (χ4n) is 2.61. The maximum atomic E-state index is 14.0. The average molecular weight is 344 g/mol. The highest BCUT2D eigenvalue weighted by Crippen LogP contribution is 2.18. The van der Waals surface area contributed by atoms with E-state index in [1.165, 1.54) is 6.07 Å². The Hall–Kier alpha value is -2.51. The number of aromatic nitrogens is 1. The largest absolute Gasteiger partial charge is 0.379 e. The van der Waals surface area contributed by atoms with Crippen LogP contribution in [0.4, 0.5) is 20.6 Å². The van der Waals surface area contributed by atoms with Gasteiger partial charge in [-0.05, 0) is 36.8 Å². The molecule has 132 valence electrons. The van der Waals surface area contributed by atoms with Gasteiger partial charge in [-0.3, -0.25) is 9.88 Å². The Morgan fingerprint density at radius 2 is 2.04 bits per heavy atom. The van der Waals surface area contributed by atoms with Crippen LogP contribution in [0.25, 0.3) is 0 Å². The molecule has 1 aromatic heterocycles. The molecule has 1 aliphatic heterocycles. The molecule has 0 spiro atoms. The van der Waals surface area contributed by atoms with Crippen LogP contribution in [-0.2, 0) is 11.3 Å². The van der Waals surface area contributed by atoms with Crippen LogP contribution >= 0.6 is 0 Å². The molecule has 1 fully saturated rings. The van der Waals surface area contributed by atoms with Crippen molar-refractivity contribution in [2.75, 3.05) is 36.9 Å². The highest BCUT2D eigenvalue weighted by Gasteiger charge is 2.13. The molecule has 2 heterocycles. The number of aryl methyl sites for hydroxylation is 1. The highest BCUT2D eigenvalue weighted by atomic mass is 19.1. The van der Waals surface area contributed by atoms with E-state index < -0.39 is 11.8 Å². The summed E-state index contributed by atoms with van der Waals surface area (Å²) in [6, 6.07) is 7.80. The van der Waals surface area contributed by atoms with Gasteiger partial charge in [-0.25, -0.2) is 9.18 Å². The monoisotopic (exact) mass is 344 g/mol. The third kappa shape index (κ3) is 4.98. The number of morpholine rings is 1. The number of benzene rings is 1. The fourth-order valence-corrected chi connectivity index (χ4v) is 2.61. The lowest BCUT2D eigenvalue weighted by atomic mass is 10.1. The molecular formula is C18H21FN4O2. The lowest BCUT2D eigenvalue weighted by Gasteiger charge is -2.26. The smallest absolute Gasteiger partial charge is 0.323 e. The van der Waals surface area contributed by atoms with E-state index in [0.29, 0.717) is 25.4 Å². The first-order valence-electron chi connectivity index (χ1n) is 8.19. The Kier molecular flexibility index (Phi) is 5.57. The first-order chi connectivity index (χ1) is 12.1. The van der Waals surface area contributed by atoms with Gasteiger partial charge in [-0.1, -0.05) is 6.07 Å². The zero-order valence-corrected chi connectivity index (χ0v) is 14.1. The summed E-state index contributed by atoms with van der Waals surface area (Å²) in [4.78, 5) is 18.4. The average Bonchev–Trinajstić information content (AvgIpc) is 2.61. The van der Waals surface area contributed by atoms with Crippen molar-refractivity contribution in [1.29, 1.82) is 0 Å². The van der Waals surface area contributed by atoms with Crippen LogP contribution in [0.3, 0.4) is 0 Å². The van der Waals surface area contributed by atoms with Crippen LogP contribution in [0.15, 0.2) is 36.5 Å². The first-order valence-corrected chi connectivity index (χ1v) is 8.19. The second-order valence-electron chi connectivity index (χ2n) is 5.97. The van der Waals surface area contributed by atoms with Crippen LogP contribution in [0, 0.1) is 12.7 Å². The zero-order chi connectivity index (χ0) is 17.6. The minimum absolute atomic E-state index is 0.156. The standard InChI is InChI=1S/C18H21FN4O2/c1-13-2-4-15(11-20-13)21-18(24)22-17-10-14(3-5-16(17)19)12-23-6-8-25-9-7-23/h2-5,10-11H,6-9,12H2,1H3,(H2,21,22,24). The summed E-state index contributed by atoms with van der Waals surface area (Å²) in [6.07, 6.45) is 1.56. The Morgan fingerprint density at radius 3 is 2.76 bits per heavy atom. The van der Waals surface area contributed by atoms with E-state index in [-0.39, 0.29) is 5.69 Å². The van der Waals surface area contributed by atoms with Gasteiger partial charge >= 0.3 is 6.03 Å². The van der Waals surface area contributed by atoms with Crippen LogP contribution in [0.1, 0.15) is 11.3 Å². The van der Waals surface area contributed by atoms with Gasteiger partial charge in [0.1, 0.15) is 5.82 Å². The van der Waals surface area contributed by atoms with Crippen molar-refractivity contribution in [3.05, 3.63) is 53.6 Å². The number of pyridine rings is 1. The Bertz CT molecular complexity index is 730. The van der Waals surface area contributed by atoms with E-state index >= 15 is 0 Å². The number of carbonyl (C=O) groups excluding carboxylic acids is 1. The van der Waals surface area contributed by atoms with E-state index in [0.717, 1.165) is 24.3 Å². The molecule has 0 radical (unpaired) electrons. The molecular weight excluding hydrogens is 323 g/mol. The van der Waals surface area contributed by atoms with Crippen LogP contribution in [-0.4, -0.2) is 42.2 Å². The number of rotatable bonds is 4. The molecule has 3 rings (SSSR count). The topological polar surface area (TPSA) is 66.5 Å². The van der Waals surface area contributed by atoms with Crippen LogP contribution in [0.5, 0.6) is 0 Å². The highest BCUT2D eigenvalue weighted by molar-refractivity contribution is 5.99. The molecule has 1 aliphatic rings. The number of amides is 2. The molecule has 0 aliphatic carbocycles.